The van der Waals surface area contributed by atoms with E-state index in [1.165, 1.54) is 32.3 Å². The number of hydrogen-bond donors (Lipinski definition) is 0. The molecule has 0 aliphatic carbocycles. The lowest BCUT2D eigenvalue weighted by molar-refractivity contribution is -0.286. The number of imidazole rings is 1. The number of halogens is 5. The molecule has 0 unspecified atom stereocenters. The van der Waals surface area contributed by atoms with E-state index in [1.807, 2.05) is 0 Å². The molecule has 0 radical (unpaired) electrons. The molecule has 188 valence electrons. The molecule has 14 heteroatoms. The SMILES string of the molecule is CCS(=O)(=O)c1cc(C(C)(C)C#N)cnc1-c1cc2c(cn1)n(CC(F)(F)C(F)(F)F)c(=O)n2C. The van der Waals surface area contributed by atoms with Gasteiger partial charge in [0.1, 0.15) is 12.2 Å². The summed E-state index contributed by atoms with van der Waals surface area (Å²) in [7, 11) is -2.71. The Bertz CT molecular complexity index is 1520. The number of hydrogen-bond acceptors (Lipinski definition) is 6. The zero-order valence-corrected chi connectivity index (χ0v) is 19.8. The average Bonchev–Trinajstić information content (AvgIpc) is 3.01. The van der Waals surface area contributed by atoms with Gasteiger partial charge in [-0.05, 0) is 31.5 Å². The number of nitriles is 1. The zero-order chi connectivity index (χ0) is 26.6. The van der Waals surface area contributed by atoms with E-state index in [4.69, 9.17) is 0 Å². The first-order valence-electron chi connectivity index (χ1n) is 10.1. The largest absolute Gasteiger partial charge is 0.455 e. The Hall–Kier alpha value is -3.34. The molecule has 0 fully saturated rings. The summed E-state index contributed by atoms with van der Waals surface area (Å²) < 4.78 is 92.1. The minimum Gasteiger partial charge on any atom is -0.295 e. The third-order valence-corrected chi connectivity index (χ3v) is 7.36. The van der Waals surface area contributed by atoms with E-state index >= 15 is 0 Å². The Labute approximate surface area is 196 Å². The van der Waals surface area contributed by atoms with Crippen molar-refractivity contribution in [2.75, 3.05) is 5.75 Å². The summed E-state index contributed by atoms with van der Waals surface area (Å²) in [6.07, 6.45) is -3.66. The number of pyridine rings is 2. The van der Waals surface area contributed by atoms with E-state index in [-0.39, 0.29) is 37.6 Å². The molecule has 0 saturated heterocycles. The molecule has 3 aromatic heterocycles. The Morgan fingerprint density at radius 1 is 1.06 bits per heavy atom. The maximum atomic E-state index is 13.7. The van der Waals surface area contributed by atoms with E-state index in [2.05, 4.69) is 16.0 Å². The number of rotatable bonds is 6. The first-order chi connectivity index (χ1) is 16.0. The van der Waals surface area contributed by atoms with Gasteiger partial charge in [-0.3, -0.25) is 19.1 Å². The molecule has 0 N–H and O–H groups in total. The summed E-state index contributed by atoms with van der Waals surface area (Å²) in [6.45, 7) is 2.61. The quantitative estimate of drug-likeness (QED) is 0.462. The summed E-state index contributed by atoms with van der Waals surface area (Å²) >= 11 is 0. The van der Waals surface area contributed by atoms with Gasteiger partial charge in [-0.25, -0.2) is 13.2 Å². The molecule has 8 nitrogen and oxygen atoms in total. The Morgan fingerprint density at radius 3 is 2.23 bits per heavy atom. The lowest BCUT2D eigenvalue weighted by Crippen LogP contribution is -2.42. The van der Waals surface area contributed by atoms with Gasteiger partial charge in [0.2, 0.25) is 0 Å². The fraction of sp³-hybridized carbons (Fsp3) is 0.429. The van der Waals surface area contributed by atoms with Crippen LogP contribution in [0.4, 0.5) is 22.0 Å². The van der Waals surface area contributed by atoms with Crippen LogP contribution in [0.15, 0.2) is 34.2 Å². The average molecular weight is 517 g/mol. The van der Waals surface area contributed by atoms with Crippen LogP contribution in [-0.4, -0.2) is 45.4 Å². The van der Waals surface area contributed by atoms with Gasteiger partial charge >= 0.3 is 17.8 Å². The lowest BCUT2D eigenvalue weighted by Gasteiger charge is -2.19. The predicted octanol–water partition coefficient (Wildman–Crippen LogP) is 3.59. The second-order valence-electron chi connectivity index (χ2n) is 8.40. The molecule has 3 aromatic rings. The van der Waals surface area contributed by atoms with Crippen molar-refractivity contribution in [2.24, 2.45) is 7.05 Å². The summed E-state index contributed by atoms with van der Waals surface area (Å²) in [5.74, 6) is -5.47. The van der Waals surface area contributed by atoms with Crippen molar-refractivity contribution in [3.63, 3.8) is 0 Å². The second-order valence-corrected chi connectivity index (χ2v) is 10.6. The standard InChI is InChI=1S/C21H20F5N5O3S/c1-5-35(33,34)16-6-12(19(2,3)10-27)8-29-17(16)13-7-14-15(9-28-13)31(18(32)30(14)4)11-20(22,23)21(24,25)26/h6-9H,5,11H2,1-4H3. The van der Waals surface area contributed by atoms with E-state index < -0.39 is 39.6 Å². The van der Waals surface area contributed by atoms with E-state index in [1.54, 1.807) is 13.8 Å². The van der Waals surface area contributed by atoms with Crippen LogP contribution >= 0.6 is 0 Å². The molecule has 0 atom stereocenters. The van der Waals surface area contributed by atoms with Crippen LogP contribution in [0.1, 0.15) is 26.3 Å². The van der Waals surface area contributed by atoms with Gasteiger partial charge in [-0.2, -0.15) is 27.2 Å². The fourth-order valence-corrected chi connectivity index (χ4v) is 4.38. The Morgan fingerprint density at radius 2 is 1.69 bits per heavy atom. The first-order valence-corrected chi connectivity index (χ1v) is 11.8. The highest BCUT2D eigenvalue weighted by Crippen LogP contribution is 2.37. The van der Waals surface area contributed by atoms with Gasteiger partial charge < -0.3 is 0 Å². The summed E-state index contributed by atoms with van der Waals surface area (Å²) in [6, 6.07) is 4.53. The van der Waals surface area contributed by atoms with Crippen molar-refractivity contribution in [3.8, 4) is 17.5 Å². The summed E-state index contributed by atoms with van der Waals surface area (Å²) in [5.41, 5.74) is -2.40. The molecule has 0 aliphatic rings. The Kier molecular flexibility index (Phi) is 6.31. The van der Waals surface area contributed by atoms with Crippen LogP contribution in [0.2, 0.25) is 0 Å². The van der Waals surface area contributed by atoms with Gasteiger partial charge in [-0.1, -0.05) is 6.92 Å². The summed E-state index contributed by atoms with van der Waals surface area (Å²) in [4.78, 5) is 20.4. The van der Waals surface area contributed by atoms with Crippen LogP contribution < -0.4 is 5.69 Å². The van der Waals surface area contributed by atoms with Gasteiger partial charge in [0, 0.05) is 13.2 Å². The summed E-state index contributed by atoms with van der Waals surface area (Å²) in [5, 5.41) is 9.39. The fourth-order valence-electron chi connectivity index (χ4n) is 3.31. The molecule has 3 heterocycles. The minimum atomic E-state index is -5.87. The van der Waals surface area contributed by atoms with E-state index in [0.29, 0.717) is 5.56 Å². The third-order valence-electron chi connectivity index (χ3n) is 5.61. The number of aryl methyl sites for hydroxylation is 1. The monoisotopic (exact) mass is 517 g/mol. The van der Waals surface area contributed by atoms with Gasteiger partial charge in [0.15, 0.2) is 9.84 Å². The molecule has 0 saturated carbocycles. The van der Waals surface area contributed by atoms with Crippen LogP contribution in [0.5, 0.6) is 0 Å². The molecular formula is C21H20F5N5O3S. The molecule has 0 amide bonds. The van der Waals surface area contributed by atoms with Crippen LogP contribution in [-0.2, 0) is 28.8 Å². The minimum absolute atomic E-state index is 0.0545. The van der Waals surface area contributed by atoms with Crippen molar-refractivity contribution in [2.45, 2.75) is 49.7 Å². The maximum absolute atomic E-state index is 13.7. The lowest BCUT2D eigenvalue weighted by atomic mass is 9.87. The van der Waals surface area contributed by atoms with Crippen molar-refractivity contribution < 1.29 is 30.4 Å². The van der Waals surface area contributed by atoms with Crippen molar-refractivity contribution in [1.82, 2.24) is 19.1 Å². The number of nitrogens with zero attached hydrogens (tertiary/aromatic N) is 5. The van der Waals surface area contributed by atoms with Gasteiger partial charge in [-0.15, -0.1) is 0 Å². The first kappa shape index (κ1) is 26.3. The van der Waals surface area contributed by atoms with Crippen LogP contribution in [0.25, 0.3) is 22.4 Å². The van der Waals surface area contributed by atoms with Crippen LogP contribution in [0.3, 0.4) is 0 Å². The number of fused-ring (bicyclic) bond motifs is 1. The maximum Gasteiger partial charge on any atom is 0.455 e. The Balaban J connectivity index is 2.25. The smallest absolute Gasteiger partial charge is 0.295 e. The van der Waals surface area contributed by atoms with E-state index in [0.717, 1.165) is 10.8 Å². The predicted molar refractivity (Wildman–Crippen MR) is 116 cm³/mol. The molecule has 3 rings (SSSR count). The number of sulfone groups is 1. The topological polar surface area (TPSA) is 111 Å². The highest BCUT2D eigenvalue weighted by atomic mass is 32.2. The highest BCUT2D eigenvalue weighted by Gasteiger charge is 2.58. The van der Waals surface area contributed by atoms with Gasteiger partial charge in [0.25, 0.3) is 0 Å². The van der Waals surface area contributed by atoms with Gasteiger partial charge in [0.05, 0.1) is 45.1 Å². The normalized spacial score (nSPS) is 13.3. The molecule has 0 aromatic carbocycles. The zero-order valence-electron chi connectivity index (χ0n) is 19.0. The molecule has 0 bridgehead atoms. The van der Waals surface area contributed by atoms with Crippen molar-refractivity contribution >= 4 is 20.9 Å². The molecule has 35 heavy (non-hydrogen) atoms. The third kappa shape index (κ3) is 4.52. The highest BCUT2D eigenvalue weighted by molar-refractivity contribution is 7.91. The van der Waals surface area contributed by atoms with Crippen LogP contribution in [0, 0.1) is 11.3 Å². The number of alkyl halides is 5. The molecule has 0 spiro atoms. The van der Waals surface area contributed by atoms with Crippen molar-refractivity contribution in [3.05, 3.63) is 40.6 Å². The molecular weight excluding hydrogens is 497 g/mol. The second kappa shape index (κ2) is 8.40. The van der Waals surface area contributed by atoms with Crippen molar-refractivity contribution in [1.29, 1.82) is 5.26 Å². The van der Waals surface area contributed by atoms with E-state index in [9.17, 15) is 40.4 Å². The molecule has 0 aliphatic heterocycles. The number of aromatic nitrogens is 4.